The first kappa shape index (κ1) is 88.7. The molecule has 534 valence electrons. The molecule has 0 bridgehead atoms. The number of carboxylic acids is 1. The topological polar surface area (TPSA) is 108 Å². The zero-order valence-corrected chi connectivity index (χ0v) is 61.1. The lowest BCUT2D eigenvalue weighted by Crippen LogP contribution is -2.40. The second kappa shape index (κ2) is 73.5. The van der Waals surface area contributed by atoms with Gasteiger partial charge in [0.1, 0.15) is 13.2 Å². The summed E-state index contributed by atoms with van der Waals surface area (Å²) in [4.78, 5) is 37.7. The van der Waals surface area contributed by atoms with Gasteiger partial charge in [-0.25, -0.2) is 4.79 Å². The highest BCUT2D eigenvalue weighted by atomic mass is 16.7. The molecule has 0 spiro atoms. The number of aliphatic carboxylic acids is 1. The summed E-state index contributed by atoms with van der Waals surface area (Å²) in [5.41, 5.74) is 0. The summed E-state index contributed by atoms with van der Waals surface area (Å²) in [5, 5.41) is 9.77. The molecule has 0 aliphatic carbocycles. The van der Waals surface area contributed by atoms with Crippen LogP contribution in [0.3, 0.4) is 0 Å². The molecule has 0 aliphatic heterocycles. The van der Waals surface area contributed by atoms with E-state index >= 15 is 0 Å². The lowest BCUT2D eigenvalue weighted by molar-refractivity contribution is -0.870. The number of hydrogen-bond acceptors (Lipinski definition) is 7. The van der Waals surface area contributed by atoms with Crippen molar-refractivity contribution in [1.82, 2.24) is 0 Å². The number of quaternary nitrogens is 1. The molecule has 1 N–H and O–H groups in total. The highest BCUT2D eigenvalue weighted by Gasteiger charge is 2.25. The Kier molecular flexibility index (Phi) is 70.1. The summed E-state index contributed by atoms with van der Waals surface area (Å²) >= 11 is 0. The summed E-state index contributed by atoms with van der Waals surface area (Å²) in [7, 11) is 5.98. The molecule has 9 nitrogen and oxygen atoms in total. The minimum atomic E-state index is -1.52. The summed E-state index contributed by atoms with van der Waals surface area (Å²) in [6, 6.07) is 0. The molecule has 0 aromatic carbocycles. The van der Waals surface area contributed by atoms with E-state index in [0.29, 0.717) is 23.9 Å². The van der Waals surface area contributed by atoms with Gasteiger partial charge in [-0.3, -0.25) is 9.59 Å². The fraction of sp³-hybridized carbons (Fsp3) is 0.726. The number of nitrogens with zero attached hydrogens (tertiary/aromatic N) is 1. The van der Waals surface area contributed by atoms with Gasteiger partial charge < -0.3 is 28.5 Å². The van der Waals surface area contributed by atoms with Crippen molar-refractivity contribution in [3.63, 3.8) is 0 Å². The number of unbranched alkanes of at least 4 members (excludes halogenated alkanes) is 36. The Bertz CT molecular complexity index is 1950. The van der Waals surface area contributed by atoms with Gasteiger partial charge in [0, 0.05) is 12.8 Å². The molecule has 0 rings (SSSR count). The molecule has 0 amide bonds. The van der Waals surface area contributed by atoms with E-state index in [-0.39, 0.29) is 32.2 Å². The standard InChI is InChI=1S/C84H145NO8/c1-6-8-10-12-14-16-18-20-22-24-26-28-30-32-34-36-37-38-39-40-41-42-43-44-45-47-48-50-52-54-56-58-60-62-64-66-68-70-72-74-81(86)91-78-80(79-92-84(83(88)89)90-77-76-85(3,4)5)93-82(87)75-73-71-69-67-65-63-61-59-57-55-53-51-49-46-35-33-31-29-27-25-23-21-19-17-15-13-11-9-7-2/h8-11,14-17,20-23,26-29,33,35,49,51,80,84H,6-7,12-13,18-19,24-25,30-32,34,36-48,50,52-79H2,1-5H3/p+1/b10-8-,11-9-,16-14-,17-15-,22-20-,23-21-,28-26-,29-27-,35-33-,51-49-. The molecule has 0 aromatic rings. The van der Waals surface area contributed by atoms with Gasteiger partial charge in [-0.2, -0.15) is 0 Å². The number of carbonyl (C=O) groups excluding carboxylic acids is 2. The van der Waals surface area contributed by atoms with Gasteiger partial charge in [0.2, 0.25) is 0 Å². The first-order valence-electron chi connectivity index (χ1n) is 38.7. The molecule has 0 radical (unpaired) electrons. The zero-order chi connectivity index (χ0) is 67.5. The number of carbonyl (C=O) groups is 3. The number of allylic oxidation sites excluding steroid dienone is 20. The quantitative estimate of drug-likeness (QED) is 0.0211. The SMILES string of the molecule is CC/C=C\C/C=C\C/C=C\C/C=C\C/C=C\C/C=C\CCCCCCCCCCCCC(=O)OC(COC(=O)CCCCCCCCCCCCCCCCCCCCCCCCCCCC/C=C\C/C=C\C/C=C\C/C=C\CC)COC(OCC[N+](C)(C)C)C(=O)O. The largest absolute Gasteiger partial charge is 0.477 e. The molecule has 9 heteroatoms. The van der Waals surface area contributed by atoms with Crippen molar-refractivity contribution in [3.8, 4) is 0 Å². The van der Waals surface area contributed by atoms with Crippen LogP contribution in [0.2, 0.25) is 0 Å². The molecular weight excluding hydrogens is 1150 g/mol. The lowest BCUT2D eigenvalue weighted by atomic mass is 10.0. The van der Waals surface area contributed by atoms with Crippen LogP contribution in [0, 0.1) is 0 Å². The van der Waals surface area contributed by atoms with E-state index in [1.807, 2.05) is 21.1 Å². The van der Waals surface area contributed by atoms with Gasteiger partial charge in [0.25, 0.3) is 6.29 Å². The Morgan fingerprint density at radius 3 is 0.860 bits per heavy atom. The molecular formula is C84H146NO8+. The molecule has 0 aliphatic rings. The van der Waals surface area contributed by atoms with E-state index in [4.69, 9.17) is 18.9 Å². The van der Waals surface area contributed by atoms with Crippen LogP contribution in [0.15, 0.2) is 122 Å². The van der Waals surface area contributed by atoms with Crippen LogP contribution in [0.5, 0.6) is 0 Å². The number of carboxylic acid groups (broad SMARTS) is 1. The van der Waals surface area contributed by atoms with E-state index in [1.165, 1.54) is 193 Å². The van der Waals surface area contributed by atoms with Crippen molar-refractivity contribution in [1.29, 1.82) is 0 Å². The predicted octanol–water partition coefficient (Wildman–Crippen LogP) is 24.7. The normalized spacial score (nSPS) is 13.3. The molecule has 0 saturated heterocycles. The van der Waals surface area contributed by atoms with Gasteiger partial charge in [0.15, 0.2) is 6.10 Å². The fourth-order valence-electron chi connectivity index (χ4n) is 10.9. The third-order valence-corrected chi connectivity index (χ3v) is 16.7. The fourth-order valence-corrected chi connectivity index (χ4v) is 10.9. The minimum absolute atomic E-state index is 0.184. The molecule has 2 unspecified atom stereocenters. The van der Waals surface area contributed by atoms with E-state index in [2.05, 4.69) is 135 Å². The number of esters is 2. The van der Waals surface area contributed by atoms with Crippen molar-refractivity contribution in [2.75, 3.05) is 47.5 Å². The molecule has 2 atom stereocenters. The van der Waals surface area contributed by atoms with Crippen LogP contribution >= 0.6 is 0 Å². The monoisotopic (exact) mass is 1300 g/mol. The van der Waals surface area contributed by atoms with E-state index in [1.54, 1.807) is 0 Å². The zero-order valence-electron chi connectivity index (χ0n) is 61.1. The molecule has 93 heavy (non-hydrogen) atoms. The van der Waals surface area contributed by atoms with Crippen LogP contribution in [0.25, 0.3) is 0 Å². The van der Waals surface area contributed by atoms with Crippen LogP contribution in [-0.4, -0.2) is 87.4 Å². The summed E-state index contributed by atoms with van der Waals surface area (Å²) in [5.74, 6) is -2.00. The Morgan fingerprint density at radius 1 is 0.323 bits per heavy atom. The Morgan fingerprint density at radius 2 is 0.581 bits per heavy atom. The number of ether oxygens (including phenoxy) is 4. The van der Waals surface area contributed by atoms with Crippen LogP contribution in [-0.2, 0) is 33.3 Å². The van der Waals surface area contributed by atoms with Gasteiger partial charge in [-0.15, -0.1) is 0 Å². The molecule has 0 heterocycles. The second-order valence-corrected chi connectivity index (χ2v) is 26.9. The third kappa shape index (κ3) is 74.9. The van der Waals surface area contributed by atoms with Crippen LogP contribution in [0.4, 0.5) is 0 Å². The van der Waals surface area contributed by atoms with Crippen molar-refractivity contribution in [3.05, 3.63) is 122 Å². The van der Waals surface area contributed by atoms with Crippen molar-refractivity contribution in [2.24, 2.45) is 0 Å². The first-order chi connectivity index (χ1) is 45.6. The Hall–Kier alpha value is -4.31. The maximum absolute atomic E-state index is 13.0. The molecule has 0 saturated carbocycles. The van der Waals surface area contributed by atoms with Gasteiger partial charge in [-0.1, -0.05) is 341 Å². The first-order valence-corrected chi connectivity index (χ1v) is 38.7. The van der Waals surface area contributed by atoms with E-state index < -0.39 is 24.3 Å². The number of hydrogen-bond donors (Lipinski definition) is 1. The summed E-state index contributed by atoms with van der Waals surface area (Å²) in [6.45, 7) is 4.68. The second-order valence-electron chi connectivity index (χ2n) is 26.9. The minimum Gasteiger partial charge on any atom is -0.477 e. The number of rotatable bonds is 71. The van der Waals surface area contributed by atoms with Crippen LogP contribution in [0.1, 0.15) is 335 Å². The molecule has 0 fully saturated rings. The highest BCUT2D eigenvalue weighted by Crippen LogP contribution is 2.18. The summed E-state index contributed by atoms with van der Waals surface area (Å²) < 4.78 is 23.0. The Labute approximate surface area is 574 Å². The predicted molar refractivity (Wildman–Crippen MR) is 401 cm³/mol. The van der Waals surface area contributed by atoms with Gasteiger partial charge in [-0.05, 0) is 103 Å². The Balaban J connectivity index is 4.01. The molecule has 0 aromatic heterocycles. The third-order valence-electron chi connectivity index (χ3n) is 16.7. The average molecular weight is 1300 g/mol. The van der Waals surface area contributed by atoms with Crippen LogP contribution < -0.4 is 0 Å². The maximum atomic E-state index is 13.0. The maximum Gasteiger partial charge on any atom is 0.361 e. The van der Waals surface area contributed by atoms with E-state index in [0.717, 1.165) is 109 Å². The highest BCUT2D eigenvalue weighted by molar-refractivity contribution is 5.71. The van der Waals surface area contributed by atoms with Crippen molar-refractivity contribution in [2.45, 2.75) is 347 Å². The van der Waals surface area contributed by atoms with Crippen molar-refractivity contribution < 1.29 is 42.9 Å². The smallest absolute Gasteiger partial charge is 0.361 e. The lowest BCUT2D eigenvalue weighted by Gasteiger charge is -2.25. The van der Waals surface area contributed by atoms with Gasteiger partial charge in [0.05, 0.1) is 34.4 Å². The van der Waals surface area contributed by atoms with E-state index in [9.17, 15) is 19.5 Å². The van der Waals surface area contributed by atoms with Gasteiger partial charge >= 0.3 is 17.9 Å². The number of likely N-dealkylation sites (N-methyl/N-ethyl adjacent to an activating group) is 1. The summed E-state index contributed by atoms with van der Waals surface area (Å²) in [6.07, 6.45) is 102. The van der Waals surface area contributed by atoms with Crippen molar-refractivity contribution >= 4 is 17.9 Å². The average Bonchev–Trinajstić information content (AvgIpc) is 3.74.